The highest BCUT2D eigenvalue weighted by Gasteiger charge is 2.41. The van der Waals surface area contributed by atoms with Crippen molar-refractivity contribution < 1.29 is 4.79 Å². The largest absolute Gasteiger partial charge is 0.349 e. The summed E-state index contributed by atoms with van der Waals surface area (Å²) in [6.45, 7) is 2.63. The molecule has 1 atom stereocenters. The first-order valence-corrected chi connectivity index (χ1v) is 8.55. The molecule has 112 valence electrons. The van der Waals surface area contributed by atoms with E-state index in [2.05, 4.69) is 29.8 Å². The number of aryl methyl sites for hydroxylation is 1. The molecule has 1 fully saturated rings. The van der Waals surface area contributed by atoms with Crippen molar-refractivity contribution >= 4 is 17.2 Å². The van der Waals surface area contributed by atoms with Crippen LogP contribution in [0.15, 0.2) is 17.5 Å². The maximum absolute atomic E-state index is 12.0. The predicted molar refractivity (Wildman–Crippen MR) is 84.8 cm³/mol. The van der Waals surface area contributed by atoms with Gasteiger partial charge in [0.05, 0.1) is 5.54 Å². The number of hydrogen-bond acceptors (Lipinski definition) is 3. The number of carbonyl (C=O) groups is 1. The summed E-state index contributed by atoms with van der Waals surface area (Å²) < 4.78 is 0. The fraction of sp³-hybridized carbons (Fsp3) is 0.688. The van der Waals surface area contributed by atoms with Gasteiger partial charge in [0.15, 0.2) is 0 Å². The predicted octanol–water partition coefficient (Wildman–Crippen LogP) is 3.09. The second-order valence-electron chi connectivity index (χ2n) is 6.08. The number of rotatable bonds is 9. The van der Waals surface area contributed by atoms with Crippen LogP contribution in [0, 0.1) is 5.92 Å². The molecule has 0 aromatic carbocycles. The van der Waals surface area contributed by atoms with Gasteiger partial charge in [0.25, 0.3) is 0 Å². The molecule has 0 spiro atoms. The third kappa shape index (κ3) is 4.60. The highest BCUT2D eigenvalue weighted by molar-refractivity contribution is 7.09. The standard InChI is InChI=1S/C16H26N2OS/c1-16(12-17,13-9-10-13)18-15(19)8-4-2-3-6-14-7-5-11-20-14/h5,7,11,13H,2-4,6,8-10,12,17H2,1H3,(H,18,19). The fourth-order valence-corrected chi connectivity index (χ4v) is 3.39. The zero-order chi connectivity index (χ0) is 14.4. The third-order valence-corrected chi connectivity index (χ3v) is 5.17. The number of carbonyl (C=O) groups excluding carboxylic acids is 1. The van der Waals surface area contributed by atoms with Crippen molar-refractivity contribution in [2.45, 2.75) is 57.4 Å². The number of unbranched alkanes of at least 4 members (excludes halogenated alkanes) is 2. The smallest absolute Gasteiger partial charge is 0.220 e. The number of nitrogens with one attached hydrogen (secondary N) is 1. The molecular weight excluding hydrogens is 268 g/mol. The molecule has 1 aliphatic rings. The second kappa shape index (κ2) is 7.23. The molecule has 1 aromatic heterocycles. The van der Waals surface area contributed by atoms with Gasteiger partial charge in [-0.25, -0.2) is 0 Å². The summed E-state index contributed by atoms with van der Waals surface area (Å²) in [5.41, 5.74) is 5.64. The molecular formula is C16H26N2OS. The Morgan fingerprint density at radius 3 is 2.85 bits per heavy atom. The van der Waals surface area contributed by atoms with E-state index in [0.717, 1.165) is 19.3 Å². The second-order valence-corrected chi connectivity index (χ2v) is 7.12. The van der Waals surface area contributed by atoms with E-state index in [9.17, 15) is 4.79 Å². The van der Waals surface area contributed by atoms with Crippen LogP contribution in [0.1, 0.15) is 50.3 Å². The van der Waals surface area contributed by atoms with E-state index in [1.807, 2.05) is 11.3 Å². The van der Waals surface area contributed by atoms with Gasteiger partial charge in [-0.15, -0.1) is 11.3 Å². The molecule has 0 saturated heterocycles. The van der Waals surface area contributed by atoms with Gasteiger partial charge in [-0.3, -0.25) is 4.79 Å². The van der Waals surface area contributed by atoms with Gasteiger partial charge in [0, 0.05) is 17.8 Å². The van der Waals surface area contributed by atoms with Gasteiger partial charge in [-0.05, 0) is 56.4 Å². The van der Waals surface area contributed by atoms with E-state index in [4.69, 9.17) is 5.73 Å². The molecule has 1 saturated carbocycles. The first-order valence-electron chi connectivity index (χ1n) is 7.67. The lowest BCUT2D eigenvalue weighted by atomic mass is 9.95. The molecule has 3 N–H and O–H groups in total. The Bertz CT molecular complexity index is 414. The first kappa shape index (κ1) is 15.5. The normalized spacial score (nSPS) is 17.7. The molecule has 0 bridgehead atoms. The van der Waals surface area contributed by atoms with Crippen molar-refractivity contribution in [3.63, 3.8) is 0 Å². The minimum atomic E-state index is -0.173. The summed E-state index contributed by atoms with van der Waals surface area (Å²) in [6, 6.07) is 4.28. The average molecular weight is 294 g/mol. The molecule has 1 heterocycles. The molecule has 3 nitrogen and oxygen atoms in total. The lowest BCUT2D eigenvalue weighted by Crippen LogP contribution is -2.53. The van der Waals surface area contributed by atoms with Crippen LogP contribution in [-0.2, 0) is 11.2 Å². The fourth-order valence-electron chi connectivity index (χ4n) is 2.64. The molecule has 2 rings (SSSR count). The van der Waals surface area contributed by atoms with Crippen LogP contribution in [0.4, 0.5) is 0 Å². The summed E-state index contributed by atoms with van der Waals surface area (Å²) >= 11 is 1.82. The van der Waals surface area contributed by atoms with Crippen molar-refractivity contribution in [3.8, 4) is 0 Å². The van der Waals surface area contributed by atoms with Crippen LogP contribution >= 0.6 is 11.3 Å². The molecule has 0 aliphatic heterocycles. The topological polar surface area (TPSA) is 55.1 Å². The number of amides is 1. The maximum atomic E-state index is 12.0. The van der Waals surface area contributed by atoms with E-state index < -0.39 is 0 Å². The van der Waals surface area contributed by atoms with E-state index >= 15 is 0 Å². The molecule has 1 aliphatic carbocycles. The van der Waals surface area contributed by atoms with Crippen molar-refractivity contribution in [2.75, 3.05) is 6.54 Å². The van der Waals surface area contributed by atoms with Crippen molar-refractivity contribution in [2.24, 2.45) is 11.7 Å². The molecule has 1 unspecified atom stereocenters. The molecule has 0 radical (unpaired) electrons. The quantitative estimate of drug-likeness (QED) is 0.688. The lowest BCUT2D eigenvalue weighted by Gasteiger charge is -2.29. The van der Waals surface area contributed by atoms with Crippen LogP contribution in [0.3, 0.4) is 0 Å². The van der Waals surface area contributed by atoms with Crippen molar-refractivity contribution in [3.05, 3.63) is 22.4 Å². The maximum Gasteiger partial charge on any atom is 0.220 e. The zero-order valence-corrected chi connectivity index (χ0v) is 13.2. The summed E-state index contributed by atoms with van der Waals surface area (Å²) in [5, 5.41) is 5.27. The Labute approximate surface area is 125 Å². The highest BCUT2D eigenvalue weighted by Crippen LogP contribution is 2.39. The van der Waals surface area contributed by atoms with Crippen LogP contribution in [0.2, 0.25) is 0 Å². The van der Waals surface area contributed by atoms with E-state index in [1.165, 1.54) is 24.1 Å². The summed E-state index contributed by atoms with van der Waals surface area (Å²) in [7, 11) is 0. The summed E-state index contributed by atoms with van der Waals surface area (Å²) in [4.78, 5) is 13.4. The lowest BCUT2D eigenvalue weighted by molar-refractivity contribution is -0.123. The SMILES string of the molecule is CC(CN)(NC(=O)CCCCCc1cccs1)C1CC1. The monoisotopic (exact) mass is 294 g/mol. The molecule has 4 heteroatoms. The van der Waals surface area contributed by atoms with Crippen molar-refractivity contribution in [1.29, 1.82) is 0 Å². The zero-order valence-electron chi connectivity index (χ0n) is 12.4. The highest BCUT2D eigenvalue weighted by atomic mass is 32.1. The minimum Gasteiger partial charge on any atom is -0.349 e. The van der Waals surface area contributed by atoms with Crippen LogP contribution in [-0.4, -0.2) is 18.0 Å². The van der Waals surface area contributed by atoms with Gasteiger partial charge >= 0.3 is 0 Å². The average Bonchev–Trinajstić information content (AvgIpc) is 3.17. The Balaban J connectivity index is 1.58. The van der Waals surface area contributed by atoms with Gasteiger partial charge in [-0.2, -0.15) is 0 Å². The number of nitrogens with two attached hydrogens (primary N) is 1. The molecule has 1 aromatic rings. The summed E-state index contributed by atoms with van der Waals surface area (Å²) in [6.07, 6.45) is 7.44. The third-order valence-electron chi connectivity index (χ3n) is 4.23. The van der Waals surface area contributed by atoms with Crippen LogP contribution < -0.4 is 11.1 Å². The van der Waals surface area contributed by atoms with E-state index in [0.29, 0.717) is 18.9 Å². The molecule has 1 amide bonds. The minimum absolute atomic E-state index is 0.168. The van der Waals surface area contributed by atoms with E-state index in [-0.39, 0.29) is 11.4 Å². The number of hydrogen-bond donors (Lipinski definition) is 2. The van der Waals surface area contributed by atoms with Gasteiger partial charge in [0.2, 0.25) is 5.91 Å². The Morgan fingerprint density at radius 2 is 2.25 bits per heavy atom. The Hall–Kier alpha value is -0.870. The Kier molecular flexibility index (Phi) is 5.61. The Morgan fingerprint density at radius 1 is 1.45 bits per heavy atom. The number of thiophene rings is 1. The molecule has 20 heavy (non-hydrogen) atoms. The van der Waals surface area contributed by atoms with Gasteiger partial charge in [0.1, 0.15) is 0 Å². The van der Waals surface area contributed by atoms with Crippen LogP contribution in [0.5, 0.6) is 0 Å². The first-order chi connectivity index (χ1) is 9.64. The van der Waals surface area contributed by atoms with Crippen LogP contribution in [0.25, 0.3) is 0 Å². The van der Waals surface area contributed by atoms with E-state index in [1.54, 1.807) is 0 Å². The van der Waals surface area contributed by atoms with Gasteiger partial charge < -0.3 is 11.1 Å². The summed E-state index contributed by atoms with van der Waals surface area (Å²) in [5.74, 6) is 0.760. The van der Waals surface area contributed by atoms with Gasteiger partial charge in [-0.1, -0.05) is 12.5 Å². The van der Waals surface area contributed by atoms with Crippen molar-refractivity contribution in [1.82, 2.24) is 5.32 Å².